The molecule has 3 aromatic rings. The first-order chi connectivity index (χ1) is 16.1. The van der Waals surface area contributed by atoms with Crippen molar-refractivity contribution < 1.29 is 9.59 Å². The average Bonchev–Trinajstić information content (AvgIpc) is 3.31. The highest BCUT2D eigenvalue weighted by atomic mass is 32.1. The zero-order valence-corrected chi connectivity index (χ0v) is 19.0. The van der Waals surface area contributed by atoms with Gasteiger partial charge in [-0.05, 0) is 59.6 Å². The number of nitriles is 1. The first-order valence-electron chi connectivity index (χ1n) is 11.0. The van der Waals surface area contributed by atoms with Crippen LogP contribution in [0.4, 0.5) is 5.82 Å². The van der Waals surface area contributed by atoms with E-state index < -0.39 is 0 Å². The van der Waals surface area contributed by atoms with Crippen LogP contribution in [0.2, 0.25) is 0 Å². The topological polar surface area (TPSA) is 93.1 Å². The van der Waals surface area contributed by atoms with Gasteiger partial charge in [0.1, 0.15) is 23.1 Å². The molecule has 2 aliphatic rings. The molecule has 1 aliphatic carbocycles. The molecular weight excluding hydrogens is 434 g/mol. The molecule has 1 atom stereocenters. The van der Waals surface area contributed by atoms with Gasteiger partial charge in [-0.2, -0.15) is 5.26 Å². The lowest BCUT2D eigenvalue weighted by Crippen LogP contribution is -2.38. The summed E-state index contributed by atoms with van der Waals surface area (Å²) in [6, 6.07) is 10.1. The fraction of sp³-hybridized carbons (Fsp3) is 0.280. The highest BCUT2D eigenvalue weighted by Gasteiger charge is 2.32. The van der Waals surface area contributed by atoms with E-state index in [1.54, 1.807) is 15.9 Å². The van der Waals surface area contributed by atoms with E-state index in [9.17, 15) is 14.9 Å². The Labute approximate surface area is 195 Å². The van der Waals surface area contributed by atoms with E-state index in [1.807, 2.05) is 35.8 Å². The second kappa shape index (κ2) is 8.68. The molecule has 0 bridgehead atoms. The number of aromatic amines is 1. The van der Waals surface area contributed by atoms with Gasteiger partial charge in [0.05, 0.1) is 0 Å². The van der Waals surface area contributed by atoms with Crippen molar-refractivity contribution in [3.63, 3.8) is 0 Å². The van der Waals surface area contributed by atoms with Crippen LogP contribution in [0, 0.1) is 17.2 Å². The minimum Gasteiger partial charge on any atom is -0.346 e. The maximum Gasteiger partial charge on any atom is 0.264 e. The quantitative estimate of drug-likeness (QED) is 0.341. The molecule has 2 amide bonds. The summed E-state index contributed by atoms with van der Waals surface area (Å²) in [6.45, 7) is 3.01. The standard InChI is InChI=1S/C25H23N5O2S/c1-16-14-29(25(32)17(13-26)11-19-3-2-10-33-19)9-7-20(16)22-12-23(30(15-31)18-4-5-18)28-24-21(22)6-8-27-24/h2-3,6-8,10-12,15-16,18H,4-5,9,14H2,1H3,(H,27,28)/t16-/m1/s1. The molecule has 0 unspecified atom stereocenters. The smallest absolute Gasteiger partial charge is 0.264 e. The molecule has 0 aromatic carbocycles. The maximum atomic E-state index is 13.0. The Hall–Kier alpha value is -3.70. The number of carbonyl (C=O) groups excluding carboxylic acids is 2. The SMILES string of the molecule is C[C@@H]1CN(C(=O)C(C#N)=Cc2cccs2)CC=C1c1cc(N(C=O)C2CC2)nc2[nH]ccc12. The van der Waals surface area contributed by atoms with Crippen molar-refractivity contribution >= 4 is 52.2 Å². The lowest BCUT2D eigenvalue weighted by atomic mass is 9.89. The molecule has 0 saturated heterocycles. The molecule has 33 heavy (non-hydrogen) atoms. The highest BCUT2D eigenvalue weighted by molar-refractivity contribution is 7.10. The lowest BCUT2D eigenvalue weighted by Gasteiger charge is -2.31. The molecule has 1 saturated carbocycles. The number of hydrogen-bond donors (Lipinski definition) is 1. The third-order valence-corrected chi connectivity index (χ3v) is 6.99. The molecule has 0 radical (unpaired) electrons. The number of pyridine rings is 1. The molecule has 0 spiro atoms. The molecule has 8 heteroatoms. The van der Waals surface area contributed by atoms with Crippen molar-refractivity contribution in [3.8, 4) is 6.07 Å². The van der Waals surface area contributed by atoms with Crippen molar-refractivity contribution in [1.29, 1.82) is 5.26 Å². The number of H-pyrrole nitrogens is 1. The van der Waals surface area contributed by atoms with Gasteiger partial charge in [-0.3, -0.25) is 14.5 Å². The molecule has 1 aliphatic heterocycles. The van der Waals surface area contributed by atoms with Gasteiger partial charge in [-0.15, -0.1) is 11.3 Å². The molecule has 4 heterocycles. The zero-order chi connectivity index (χ0) is 22.9. The van der Waals surface area contributed by atoms with Crippen molar-refractivity contribution in [2.45, 2.75) is 25.8 Å². The van der Waals surface area contributed by atoms with Crippen LogP contribution < -0.4 is 4.90 Å². The van der Waals surface area contributed by atoms with Gasteiger partial charge in [0.25, 0.3) is 5.91 Å². The normalized spacial score (nSPS) is 18.7. The number of carbonyl (C=O) groups is 2. The fourth-order valence-corrected chi connectivity index (χ4v) is 5.01. The van der Waals surface area contributed by atoms with Gasteiger partial charge in [-0.1, -0.05) is 19.1 Å². The highest BCUT2D eigenvalue weighted by Crippen LogP contribution is 2.37. The third kappa shape index (κ3) is 4.08. The van der Waals surface area contributed by atoms with Crippen LogP contribution in [0.5, 0.6) is 0 Å². The van der Waals surface area contributed by atoms with E-state index in [4.69, 9.17) is 0 Å². The first kappa shape index (κ1) is 21.2. The monoisotopic (exact) mass is 457 g/mol. The second-order valence-corrected chi connectivity index (χ2v) is 9.45. The number of rotatable bonds is 6. The van der Waals surface area contributed by atoms with Gasteiger partial charge < -0.3 is 9.88 Å². The van der Waals surface area contributed by atoms with Gasteiger partial charge in [-0.25, -0.2) is 4.98 Å². The summed E-state index contributed by atoms with van der Waals surface area (Å²) in [5.74, 6) is 0.453. The molecule has 7 nitrogen and oxygen atoms in total. The van der Waals surface area contributed by atoms with Crippen LogP contribution in [0.3, 0.4) is 0 Å². The van der Waals surface area contributed by atoms with E-state index in [-0.39, 0.29) is 23.4 Å². The van der Waals surface area contributed by atoms with Gasteiger partial charge in [0, 0.05) is 35.6 Å². The summed E-state index contributed by atoms with van der Waals surface area (Å²) in [7, 11) is 0. The van der Waals surface area contributed by atoms with Crippen LogP contribution in [-0.4, -0.2) is 46.3 Å². The van der Waals surface area contributed by atoms with Gasteiger partial charge >= 0.3 is 0 Å². The predicted octanol–water partition coefficient (Wildman–Crippen LogP) is 4.22. The van der Waals surface area contributed by atoms with E-state index in [0.717, 1.165) is 46.3 Å². The lowest BCUT2D eigenvalue weighted by molar-refractivity contribution is -0.126. The number of aromatic nitrogens is 2. The van der Waals surface area contributed by atoms with Crippen LogP contribution in [0.15, 0.2) is 47.5 Å². The van der Waals surface area contributed by atoms with Crippen LogP contribution in [0.25, 0.3) is 22.7 Å². The number of hydrogen-bond acceptors (Lipinski definition) is 5. The van der Waals surface area contributed by atoms with E-state index in [1.165, 1.54) is 11.3 Å². The van der Waals surface area contributed by atoms with Crippen LogP contribution in [-0.2, 0) is 9.59 Å². The van der Waals surface area contributed by atoms with Crippen molar-refractivity contribution in [3.05, 3.63) is 57.9 Å². The van der Waals surface area contributed by atoms with Gasteiger partial charge in [0.15, 0.2) is 0 Å². The number of nitrogens with one attached hydrogen (secondary N) is 1. The summed E-state index contributed by atoms with van der Waals surface area (Å²) >= 11 is 1.49. The Morgan fingerprint density at radius 2 is 2.24 bits per heavy atom. The first-order valence-corrected chi connectivity index (χ1v) is 11.8. The second-order valence-electron chi connectivity index (χ2n) is 8.47. The Morgan fingerprint density at radius 1 is 1.39 bits per heavy atom. The molecule has 3 aromatic heterocycles. The largest absolute Gasteiger partial charge is 0.346 e. The van der Waals surface area contributed by atoms with E-state index >= 15 is 0 Å². The van der Waals surface area contributed by atoms with Crippen molar-refractivity contribution in [1.82, 2.24) is 14.9 Å². The Bertz CT molecular complexity index is 1310. The number of amides is 2. The predicted molar refractivity (Wildman–Crippen MR) is 129 cm³/mol. The zero-order valence-electron chi connectivity index (χ0n) is 18.2. The average molecular weight is 458 g/mol. The molecule has 5 rings (SSSR count). The van der Waals surface area contributed by atoms with Crippen molar-refractivity contribution in [2.24, 2.45) is 5.92 Å². The number of anilines is 1. The summed E-state index contributed by atoms with van der Waals surface area (Å²) in [6.07, 6.45) is 8.41. The van der Waals surface area contributed by atoms with Crippen LogP contribution in [0.1, 0.15) is 30.2 Å². The minimum absolute atomic E-state index is 0.0586. The fourth-order valence-electron chi connectivity index (χ4n) is 4.36. The molecular formula is C25H23N5O2S. The maximum absolute atomic E-state index is 13.0. The van der Waals surface area contributed by atoms with E-state index in [0.29, 0.717) is 18.9 Å². The molecule has 166 valence electrons. The number of nitrogens with zero attached hydrogens (tertiary/aromatic N) is 4. The summed E-state index contributed by atoms with van der Waals surface area (Å²) in [5.41, 5.74) is 3.03. The Kier molecular flexibility index (Phi) is 5.56. The summed E-state index contributed by atoms with van der Waals surface area (Å²) in [4.78, 5) is 36.9. The van der Waals surface area contributed by atoms with Gasteiger partial charge in [0.2, 0.25) is 6.41 Å². The third-order valence-electron chi connectivity index (χ3n) is 6.17. The number of fused-ring (bicyclic) bond motifs is 1. The van der Waals surface area contributed by atoms with Crippen LogP contribution >= 0.6 is 11.3 Å². The Balaban J connectivity index is 1.45. The molecule has 1 fully saturated rings. The Morgan fingerprint density at radius 3 is 2.91 bits per heavy atom. The summed E-state index contributed by atoms with van der Waals surface area (Å²) < 4.78 is 0. The minimum atomic E-state index is -0.254. The van der Waals surface area contributed by atoms with E-state index in [2.05, 4.69) is 29.0 Å². The molecule has 1 N–H and O–H groups in total. The van der Waals surface area contributed by atoms with Crippen molar-refractivity contribution in [2.75, 3.05) is 18.0 Å². The summed E-state index contributed by atoms with van der Waals surface area (Å²) in [5, 5.41) is 12.5. The number of thiophene rings is 1.